The topological polar surface area (TPSA) is 66.0 Å². The van der Waals surface area contributed by atoms with Crippen LogP contribution in [0.15, 0.2) is 42.6 Å². The number of hydrogen-bond acceptors (Lipinski definition) is 3. The molecule has 2 aromatic rings. The smallest absolute Gasteiger partial charge is 0.384 e. The fraction of sp³-hybridized carbons (Fsp3) is 0.143. The largest absolute Gasteiger partial charge is 0.419 e. The van der Waals surface area contributed by atoms with E-state index >= 15 is 0 Å². The molecule has 0 spiro atoms. The molecule has 0 saturated heterocycles. The summed E-state index contributed by atoms with van der Waals surface area (Å²) in [6.45, 7) is 0. The molecule has 0 fully saturated rings. The lowest BCUT2D eigenvalue weighted by molar-refractivity contribution is -0.137. The van der Waals surface area contributed by atoms with Crippen LogP contribution in [-0.2, 0) is 6.18 Å². The van der Waals surface area contributed by atoms with Gasteiger partial charge in [0, 0.05) is 24.5 Å². The average Bonchev–Trinajstić information content (AvgIpc) is 2.45. The zero-order chi connectivity index (χ0) is 15.6. The number of pyridine rings is 1. The van der Waals surface area contributed by atoms with E-state index in [0.29, 0.717) is 11.3 Å². The second-order valence-electron chi connectivity index (χ2n) is 4.40. The molecular formula is C14H13F3N4. The molecule has 1 aromatic heterocycles. The summed E-state index contributed by atoms with van der Waals surface area (Å²) in [4.78, 5) is 5.13. The maximum Gasteiger partial charge on any atom is 0.419 e. The van der Waals surface area contributed by atoms with Crippen LogP contribution < -0.4 is 10.6 Å². The van der Waals surface area contributed by atoms with Crippen LogP contribution in [-0.4, -0.2) is 17.9 Å². The maximum atomic E-state index is 13.0. The molecule has 2 rings (SSSR count). The van der Waals surface area contributed by atoms with Crippen molar-refractivity contribution < 1.29 is 13.2 Å². The van der Waals surface area contributed by atoms with Gasteiger partial charge in [-0.05, 0) is 24.3 Å². The zero-order valence-electron chi connectivity index (χ0n) is 11.1. The Morgan fingerprint density at radius 3 is 2.57 bits per heavy atom. The molecular weight excluding hydrogens is 281 g/mol. The van der Waals surface area contributed by atoms with Crippen molar-refractivity contribution in [2.24, 2.45) is 5.73 Å². The third kappa shape index (κ3) is 3.13. The molecule has 4 nitrogen and oxygen atoms in total. The first-order valence-electron chi connectivity index (χ1n) is 6.01. The van der Waals surface area contributed by atoms with Gasteiger partial charge in [-0.25, -0.2) is 4.98 Å². The van der Waals surface area contributed by atoms with Crippen LogP contribution in [0.4, 0.5) is 24.7 Å². The highest BCUT2D eigenvalue weighted by Crippen LogP contribution is 2.36. The van der Waals surface area contributed by atoms with Gasteiger partial charge in [-0.3, -0.25) is 5.41 Å². The Morgan fingerprint density at radius 2 is 1.95 bits per heavy atom. The number of hydrogen-bond donors (Lipinski definition) is 2. The van der Waals surface area contributed by atoms with Crippen molar-refractivity contribution in [2.45, 2.75) is 6.18 Å². The fourth-order valence-corrected chi connectivity index (χ4v) is 1.89. The quantitative estimate of drug-likeness (QED) is 0.675. The maximum absolute atomic E-state index is 13.0. The van der Waals surface area contributed by atoms with E-state index in [2.05, 4.69) is 4.98 Å². The lowest BCUT2D eigenvalue weighted by atomic mass is 10.1. The first-order valence-corrected chi connectivity index (χ1v) is 6.01. The molecule has 1 heterocycles. The summed E-state index contributed by atoms with van der Waals surface area (Å²) >= 11 is 0. The SMILES string of the molecule is CN(c1cccc(C(=N)N)c1)c1ncccc1C(F)(F)F. The van der Waals surface area contributed by atoms with Crippen molar-refractivity contribution in [1.29, 1.82) is 5.41 Å². The number of nitrogens with zero attached hydrogens (tertiary/aromatic N) is 2. The monoisotopic (exact) mass is 294 g/mol. The Balaban J connectivity index is 2.48. The zero-order valence-corrected chi connectivity index (χ0v) is 11.1. The van der Waals surface area contributed by atoms with Crippen LogP contribution in [0.5, 0.6) is 0 Å². The molecule has 0 radical (unpaired) electrons. The first-order chi connectivity index (χ1) is 9.80. The number of halogens is 3. The van der Waals surface area contributed by atoms with E-state index in [1.165, 1.54) is 30.3 Å². The molecule has 0 aliphatic rings. The second kappa shape index (κ2) is 5.43. The Morgan fingerprint density at radius 1 is 1.24 bits per heavy atom. The van der Waals surface area contributed by atoms with Crippen molar-refractivity contribution >= 4 is 17.3 Å². The van der Waals surface area contributed by atoms with Crippen LogP contribution >= 0.6 is 0 Å². The van der Waals surface area contributed by atoms with E-state index in [4.69, 9.17) is 11.1 Å². The summed E-state index contributed by atoms with van der Waals surface area (Å²) in [6, 6.07) is 8.62. The van der Waals surface area contributed by atoms with Gasteiger partial charge < -0.3 is 10.6 Å². The van der Waals surface area contributed by atoms with E-state index in [9.17, 15) is 13.2 Å². The van der Waals surface area contributed by atoms with Gasteiger partial charge in [0.1, 0.15) is 11.7 Å². The molecule has 110 valence electrons. The Hall–Kier alpha value is -2.57. The van der Waals surface area contributed by atoms with Gasteiger partial charge in [-0.2, -0.15) is 13.2 Å². The number of nitrogens with two attached hydrogens (primary N) is 1. The van der Waals surface area contributed by atoms with Crippen LogP contribution in [0, 0.1) is 5.41 Å². The van der Waals surface area contributed by atoms with Gasteiger partial charge in [0.05, 0.1) is 5.56 Å². The molecule has 7 heteroatoms. The molecule has 0 aliphatic heterocycles. The van der Waals surface area contributed by atoms with E-state index in [1.807, 2.05) is 0 Å². The lowest BCUT2D eigenvalue weighted by Crippen LogP contribution is -2.19. The van der Waals surface area contributed by atoms with Gasteiger partial charge in [0.15, 0.2) is 0 Å². The van der Waals surface area contributed by atoms with Crippen LogP contribution in [0.3, 0.4) is 0 Å². The molecule has 3 N–H and O–H groups in total. The molecule has 0 bridgehead atoms. The number of benzene rings is 1. The summed E-state index contributed by atoms with van der Waals surface area (Å²) in [5, 5.41) is 7.38. The predicted octanol–water partition coefficient (Wildman–Crippen LogP) is 3.15. The predicted molar refractivity (Wildman–Crippen MR) is 74.8 cm³/mol. The minimum absolute atomic E-state index is 0.151. The highest BCUT2D eigenvalue weighted by atomic mass is 19.4. The molecule has 0 aliphatic carbocycles. The Labute approximate surface area is 119 Å². The van der Waals surface area contributed by atoms with Crippen LogP contribution in [0.25, 0.3) is 0 Å². The Kier molecular flexibility index (Phi) is 3.84. The van der Waals surface area contributed by atoms with Crippen molar-refractivity contribution in [3.05, 3.63) is 53.7 Å². The van der Waals surface area contributed by atoms with Crippen LogP contribution in [0.1, 0.15) is 11.1 Å². The van der Waals surface area contributed by atoms with Crippen molar-refractivity contribution in [3.8, 4) is 0 Å². The number of amidine groups is 1. The number of anilines is 2. The third-order valence-electron chi connectivity index (χ3n) is 2.95. The number of alkyl halides is 3. The highest BCUT2D eigenvalue weighted by molar-refractivity contribution is 5.96. The highest BCUT2D eigenvalue weighted by Gasteiger charge is 2.35. The number of nitrogen functional groups attached to an aromatic ring is 1. The molecule has 0 unspecified atom stereocenters. The fourth-order valence-electron chi connectivity index (χ4n) is 1.89. The average molecular weight is 294 g/mol. The van der Waals surface area contributed by atoms with E-state index in [0.717, 1.165) is 6.07 Å². The minimum Gasteiger partial charge on any atom is -0.384 e. The number of rotatable bonds is 3. The minimum atomic E-state index is -4.49. The van der Waals surface area contributed by atoms with Crippen molar-refractivity contribution in [3.63, 3.8) is 0 Å². The molecule has 0 amide bonds. The number of aromatic nitrogens is 1. The summed E-state index contributed by atoms with van der Waals surface area (Å²) < 4.78 is 39.0. The summed E-state index contributed by atoms with van der Waals surface area (Å²) in [7, 11) is 1.48. The molecule has 0 saturated carbocycles. The standard InChI is InChI=1S/C14H13F3N4/c1-21(10-5-2-4-9(8-10)12(18)19)13-11(14(15,16)17)6-3-7-20-13/h2-8H,1H3,(H3,18,19). The van der Waals surface area contributed by atoms with Crippen LogP contribution in [0.2, 0.25) is 0 Å². The normalized spacial score (nSPS) is 11.2. The van der Waals surface area contributed by atoms with Crippen molar-refractivity contribution in [2.75, 3.05) is 11.9 Å². The molecule has 21 heavy (non-hydrogen) atoms. The summed E-state index contributed by atoms with van der Waals surface area (Å²) in [5.74, 6) is -0.354. The second-order valence-corrected chi connectivity index (χ2v) is 4.40. The van der Waals surface area contributed by atoms with Crippen molar-refractivity contribution in [1.82, 2.24) is 4.98 Å². The van der Waals surface area contributed by atoms with Gasteiger partial charge in [0.25, 0.3) is 0 Å². The summed E-state index contributed by atoms with van der Waals surface area (Å²) in [5.41, 5.74) is 5.47. The number of nitrogens with one attached hydrogen (secondary N) is 1. The Bertz CT molecular complexity index is 667. The van der Waals surface area contributed by atoms with Gasteiger partial charge in [0.2, 0.25) is 0 Å². The van der Waals surface area contributed by atoms with Gasteiger partial charge >= 0.3 is 6.18 Å². The van der Waals surface area contributed by atoms with E-state index in [-0.39, 0.29) is 11.7 Å². The third-order valence-corrected chi connectivity index (χ3v) is 2.95. The molecule has 0 atom stereocenters. The van der Waals surface area contributed by atoms with Gasteiger partial charge in [-0.1, -0.05) is 12.1 Å². The summed E-state index contributed by atoms with van der Waals surface area (Å²) in [6.07, 6.45) is -3.19. The first kappa shape index (κ1) is 14.8. The van der Waals surface area contributed by atoms with E-state index < -0.39 is 11.7 Å². The lowest BCUT2D eigenvalue weighted by Gasteiger charge is -2.22. The van der Waals surface area contributed by atoms with E-state index in [1.54, 1.807) is 18.2 Å². The molecule has 1 aromatic carbocycles. The van der Waals surface area contributed by atoms with Gasteiger partial charge in [-0.15, -0.1) is 0 Å².